The van der Waals surface area contributed by atoms with E-state index in [1.54, 1.807) is 36.1 Å². The fourth-order valence-electron chi connectivity index (χ4n) is 4.07. The predicted molar refractivity (Wildman–Crippen MR) is 109 cm³/mol. The number of nitrogens with one attached hydrogen (secondary N) is 2. The molecule has 1 saturated carbocycles. The van der Waals surface area contributed by atoms with Crippen LogP contribution in [0, 0.1) is 17.2 Å². The van der Waals surface area contributed by atoms with E-state index in [9.17, 15) is 13.2 Å². The van der Waals surface area contributed by atoms with Crippen LogP contribution in [0.15, 0.2) is 30.6 Å². The molecule has 31 heavy (non-hydrogen) atoms. The average Bonchev–Trinajstić information content (AvgIpc) is 3.15. The second-order valence-corrected chi connectivity index (χ2v) is 8.16. The molecule has 0 amide bonds. The highest BCUT2D eigenvalue weighted by Gasteiger charge is 2.41. The predicted octanol–water partition coefficient (Wildman–Crippen LogP) is 4.82. The largest absolute Gasteiger partial charge is 0.391 e. The third-order valence-electron chi connectivity index (χ3n) is 5.67. The number of nitrogens with zero attached hydrogens (tertiary/aromatic N) is 4. The van der Waals surface area contributed by atoms with Crippen LogP contribution in [-0.2, 0) is 6.54 Å². The molecule has 1 aliphatic carbocycles. The molecular formula is C20H20ClF3N6O. The molecule has 2 heterocycles. The standard InChI is InChI=1S/C20H20ClF3N6O/c21-14-3-1-2-12(8-14)15-16-18(28-19(27-15)17(25)29-31)26-10-30(16)9-11-4-6-13(7-5-11)20(22,23)24/h1-3,8,10-11,13,31H,4-7,9H2,(H2,25,29)/t11-,13-. The molecule has 0 radical (unpaired) electrons. The Bertz CT molecular complexity index is 1110. The Morgan fingerprint density at radius 3 is 2.61 bits per heavy atom. The minimum absolute atomic E-state index is 0.0408. The minimum atomic E-state index is -4.14. The molecule has 1 fully saturated rings. The van der Waals surface area contributed by atoms with E-state index in [1.165, 1.54) is 0 Å². The topological polar surface area (TPSA) is 99.7 Å². The lowest BCUT2D eigenvalue weighted by atomic mass is 9.81. The van der Waals surface area contributed by atoms with Crippen molar-refractivity contribution in [1.82, 2.24) is 25.0 Å². The van der Waals surface area contributed by atoms with Gasteiger partial charge < -0.3 is 4.57 Å². The maximum atomic E-state index is 13.0. The zero-order valence-corrected chi connectivity index (χ0v) is 17.1. The molecule has 7 nitrogen and oxygen atoms in total. The van der Waals surface area contributed by atoms with Crippen LogP contribution in [0.3, 0.4) is 0 Å². The highest BCUT2D eigenvalue weighted by Crippen LogP contribution is 2.40. The number of halogens is 4. The summed E-state index contributed by atoms with van der Waals surface area (Å²) in [6, 6.07) is 7.01. The van der Waals surface area contributed by atoms with Crippen LogP contribution in [0.4, 0.5) is 13.2 Å². The van der Waals surface area contributed by atoms with Gasteiger partial charge in [-0.1, -0.05) is 23.7 Å². The van der Waals surface area contributed by atoms with E-state index in [4.69, 9.17) is 22.2 Å². The highest BCUT2D eigenvalue weighted by molar-refractivity contribution is 6.30. The minimum Gasteiger partial charge on any atom is -0.327 e. The Labute approximate surface area is 180 Å². The summed E-state index contributed by atoms with van der Waals surface area (Å²) >= 11 is 6.14. The van der Waals surface area contributed by atoms with Gasteiger partial charge in [-0.25, -0.2) is 20.4 Å². The number of hydroxylamine groups is 1. The van der Waals surface area contributed by atoms with Crippen molar-refractivity contribution < 1.29 is 18.4 Å². The van der Waals surface area contributed by atoms with E-state index in [2.05, 4.69) is 15.0 Å². The van der Waals surface area contributed by atoms with Gasteiger partial charge in [-0.15, -0.1) is 0 Å². The third-order valence-corrected chi connectivity index (χ3v) is 5.91. The summed E-state index contributed by atoms with van der Waals surface area (Å²) in [5.41, 5.74) is 3.81. The summed E-state index contributed by atoms with van der Waals surface area (Å²) in [6.45, 7) is 0.493. The molecular weight excluding hydrogens is 433 g/mol. The summed E-state index contributed by atoms with van der Waals surface area (Å²) in [5.74, 6) is -1.57. The second kappa shape index (κ2) is 8.43. The average molecular weight is 453 g/mol. The molecule has 3 N–H and O–H groups in total. The summed E-state index contributed by atoms with van der Waals surface area (Å²) in [4.78, 5) is 13.0. The fraction of sp³-hybridized carbons (Fsp3) is 0.400. The van der Waals surface area contributed by atoms with Gasteiger partial charge in [0.2, 0.25) is 0 Å². The van der Waals surface area contributed by atoms with Crippen LogP contribution in [-0.4, -0.2) is 36.7 Å². The van der Waals surface area contributed by atoms with Gasteiger partial charge in [0.15, 0.2) is 17.3 Å². The van der Waals surface area contributed by atoms with Crippen LogP contribution >= 0.6 is 11.6 Å². The first-order valence-electron chi connectivity index (χ1n) is 9.81. The van der Waals surface area contributed by atoms with Crippen LogP contribution in [0.5, 0.6) is 0 Å². The molecule has 0 atom stereocenters. The molecule has 0 spiro atoms. The maximum absolute atomic E-state index is 13.0. The lowest BCUT2D eigenvalue weighted by Crippen LogP contribution is -2.29. The highest BCUT2D eigenvalue weighted by atomic mass is 35.5. The molecule has 164 valence electrons. The first-order chi connectivity index (χ1) is 14.8. The van der Waals surface area contributed by atoms with E-state index < -0.39 is 12.1 Å². The number of hydrogen-bond donors (Lipinski definition) is 3. The van der Waals surface area contributed by atoms with E-state index in [-0.39, 0.29) is 30.4 Å². The smallest absolute Gasteiger partial charge is 0.327 e. The van der Waals surface area contributed by atoms with E-state index in [0.29, 0.717) is 46.8 Å². The van der Waals surface area contributed by atoms with Crippen LogP contribution in [0.25, 0.3) is 22.4 Å². The Hall–Kier alpha value is -2.72. The maximum Gasteiger partial charge on any atom is 0.391 e. The molecule has 11 heteroatoms. The Kier molecular flexibility index (Phi) is 5.85. The van der Waals surface area contributed by atoms with Crippen LogP contribution in [0.1, 0.15) is 31.5 Å². The number of fused-ring (bicyclic) bond motifs is 1. The first kappa shape index (κ1) is 21.5. The number of rotatable bonds is 4. The molecule has 1 aliphatic rings. The number of benzene rings is 1. The quantitative estimate of drug-likeness (QED) is 0.299. The number of alkyl halides is 3. The summed E-state index contributed by atoms with van der Waals surface area (Å²) < 4.78 is 40.8. The monoisotopic (exact) mass is 452 g/mol. The van der Waals surface area contributed by atoms with Gasteiger partial charge in [0.1, 0.15) is 11.2 Å². The Morgan fingerprint density at radius 2 is 1.97 bits per heavy atom. The van der Waals surface area contributed by atoms with Gasteiger partial charge in [0, 0.05) is 17.1 Å². The van der Waals surface area contributed by atoms with Crippen molar-refractivity contribution in [3.05, 3.63) is 41.4 Å². The van der Waals surface area contributed by atoms with Gasteiger partial charge in [-0.05, 0) is 43.7 Å². The van der Waals surface area contributed by atoms with Crippen LogP contribution in [0.2, 0.25) is 5.02 Å². The molecule has 0 bridgehead atoms. The zero-order valence-electron chi connectivity index (χ0n) is 16.3. The van der Waals surface area contributed by atoms with E-state index >= 15 is 0 Å². The lowest BCUT2D eigenvalue weighted by molar-refractivity contribution is -0.184. The van der Waals surface area contributed by atoms with Gasteiger partial charge in [0.25, 0.3) is 0 Å². The SMILES string of the molecule is N=C(NO)c1nc(-c2cccc(Cl)c2)c2c(ncn2C[C@H]2CC[C@H](C(F)(F)F)CC2)n1. The number of amidine groups is 1. The summed E-state index contributed by atoms with van der Waals surface area (Å²) in [5, 5.41) is 17.4. The number of aromatic nitrogens is 4. The molecule has 0 unspecified atom stereocenters. The zero-order chi connectivity index (χ0) is 22.2. The van der Waals surface area contributed by atoms with Gasteiger partial charge in [-0.2, -0.15) is 13.2 Å². The molecule has 4 rings (SSSR count). The van der Waals surface area contributed by atoms with Gasteiger partial charge in [-0.3, -0.25) is 10.6 Å². The van der Waals surface area contributed by atoms with Crippen molar-refractivity contribution >= 4 is 28.6 Å². The Morgan fingerprint density at radius 1 is 1.23 bits per heavy atom. The first-order valence-corrected chi connectivity index (χ1v) is 10.2. The van der Waals surface area contributed by atoms with Crippen LogP contribution < -0.4 is 5.48 Å². The van der Waals surface area contributed by atoms with Crippen molar-refractivity contribution in [1.29, 1.82) is 5.41 Å². The van der Waals surface area contributed by atoms with E-state index in [0.717, 1.165) is 0 Å². The van der Waals surface area contributed by atoms with Gasteiger partial charge >= 0.3 is 6.18 Å². The molecule has 0 aliphatic heterocycles. The van der Waals surface area contributed by atoms with Crippen molar-refractivity contribution in [3.8, 4) is 11.3 Å². The molecule has 2 aromatic heterocycles. The number of hydrogen-bond acceptors (Lipinski definition) is 5. The van der Waals surface area contributed by atoms with Gasteiger partial charge in [0.05, 0.1) is 12.2 Å². The normalized spacial score (nSPS) is 19.5. The molecule has 0 saturated heterocycles. The summed E-state index contributed by atoms with van der Waals surface area (Å²) in [7, 11) is 0. The number of imidazole rings is 1. The van der Waals surface area contributed by atoms with Crippen molar-refractivity contribution in [2.24, 2.45) is 11.8 Å². The van der Waals surface area contributed by atoms with E-state index in [1.807, 2.05) is 4.57 Å². The fourth-order valence-corrected chi connectivity index (χ4v) is 4.26. The second-order valence-electron chi connectivity index (χ2n) is 7.72. The molecule has 1 aromatic carbocycles. The lowest BCUT2D eigenvalue weighted by Gasteiger charge is -2.30. The van der Waals surface area contributed by atoms with Crippen molar-refractivity contribution in [3.63, 3.8) is 0 Å². The third kappa shape index (κ3) is 4.49. The van der Waals surface area contributed by atoms with Crippen molar-refractivity contribution in [2.75, 3.05) is 0 Å². The summed E-state index contributed by atoms with van der Waals surface area (Å²) in [6.07, 6.45) is -1.34. The Balaban J connectivity index is 1.70. The molecule has 3 aromatic rings. The van der Waals surface area contributed by atoms with Crippen molar-refractivity contribution in [2.45, 2.75) is 38.4 Å².